The Kier molecular flexibility index (Phi) is 14.2. The highest BCUT2D eigenvalue weighted by molar-refractivity contribution is 7.15. The minimum atomic E-state index is -1.42. The number of pyridine rings is 1. The molecule has 67 heavy (non-hydrogen) atoms. The zero-order valence-electron chi connectivity index (χ0n) is 36.1. The van der Waals surface area contributed by atoms with Gasteiger partial charge in [0.15, 0.2) is 5.69 Å². The number of aliphatic hydroxyl groups excluding tert-OH is 1. The fraction of sp³-hybridized carbons (Fsp3) is 0.286. The molecule has 4 amide bonds. The van der Waals surface area contributed by atoms with Gasteiger partial charge in [0.2, 0.25) is 5.91 Å². The van der Waals surface area contributed by atoms with Gasteiger partial charge in [0.25, 0.3) is 17.7 Å². The molecule has 0 fully saturated rings. The lowest BCUT2D eigenvalue weighted by atomic mass is 10.1. The van der Waals surface area contributed by atoms with Gasteiger partial charge in [-0.1, -0.05) is 19.9 Å². The third-order valence-corrected chi connectivity index (χ3v) is 15.6. The first-order valence-corrected chi connectivity index (χ1v) is 25.5. The van der Waals surface area contributed by atoms with Crippen LogP contribution in [0.1, 0.15) is 104 Å². The molecule has 0 aliphatic carbocycles. The number of allylic oxidation sites excluding steroid dienone is 1. The highest BCUT2D eigenvalue weighted by Crippen LogP contribution is 2.38. The first-order chi connectivity index (χ1) is 32.1. The van der Waals surface area contributed by atoms with Gasteiger partial charge >= 0.3 is 5.97 Å². The molecule has 346 valence electrons. The minimum Gasteiger partial charge on any atom is -0.476 e. The SMILES string of the molecule is C/C=C1\NC(=O)[C@H]([C@@H](C)O)NC(=O)c2csc(n2)-c2ccc(-c3nc(-c4nc(C(=O)O)cs4)cs3)nc2-c2csc(n2)[C@H]([C@@H](C)OC)NC(=O)c2csc(n2)[C@H](C(C)C)NC(=O)c2csc1n2. The quantitative estimate of drug-likeness (QED) is 0.0959. The standard InChI is InChI=1S/C42H39N11O8S6/c1-7-20-37-47-24(12-63-37)32(55)51-28(16(2)3)40-48-25(13-67-40)34(57)53-30(18(5)61-6)41-45-22(10-66-41)31-19(36-46-23(11-62-36)33(56)52-29(17(4)54)35(58)44-20)8-9-21(43-31)38-49-26(14-64-38)39-50-27(15-65-39)42(59)60/h7-18,28-30,54H,1-6H3,(H,44,58)(H,51,55)(H,52,56)(H,53,57)(H,59,60)/b20-7-/t17-,18-,28+,29+,30+/m1/s1. The molecule has 0 saturated heterocycles. The van der Waals surface area contributed by atoms with E-state index in [1.165, 1.54) is 58.8 Å². The number of aromatic nitrogens is 7. The van der Waals surface area contributed by atoms with Crippen LogP contribution in [0, 0.1) is 5.92 Å². The number of fused-ring (bicyclic) bond motifs is 11. The lowest BCUT2D eigenvalue weighted by Gasteiger charge is -2.22. The third kappa shape index (κ3) is 10.1. The maximum atomic E-state index is 14.0. The second kappa shape index (κ2) is 20.0. The van der Waals surface area contributed by atoms with Gasteiger partial charge in [0.05, 0.1) is 29.6 Å². The van der Waals surface area contributed by atoms with Crippen LogP contribution in [0.15, 0.2) is 50.5 Å². The maximum Gasteiger partial charge on any atom is 0.355 e. The number of hydrogen-bond donors (Lipinski definition) is 6. The van der Waals surface area contributed by atoms with E-state index in [1.807, 2.05) is 13.8 Å². The minimum absolute atomic E-state index is 0.0361. The molecule has 8 heterocycles. The molecular formula is C42H39N11O8S6. The average molecular weight is 1020 g/mol. The molecule has 7 aromatic rings. The van der Waals surface area contributed by atoms with E-state index in [4.69, 9.17) is 19.7 Å². The number of nitrogens with one attached hydrogen (secondary N) is 4. The molecule has 8 bridgehead atoms. The topological polar surface area (TPSA) is 273 Å². The Hall–Kier alpha value is -6.06. The van der Waals surface area contributed by atoms with Crippen LogP contribution < -0.4 is 21.3 Å². The Bertz CT molecular complexity index is 3040. The summed E-state index contributed by atoms with van der Waals surface area (Å²) in [5.74, 6) is -3.74. The second-order valence-corrected chi connectivity index (χ2v) is 20.4. The zero-order valence-corrected chi connectivity index (χ0v) is 41.0. The number of methoxy groups -OCH3 is 1. The van der Waals surface area contributed by atoms with E-state index in [-0.39, 0.29) is 34.4 Å². The number of nitrogens with zero attached hydrogens (tertiary/aromatic N) is 7. The Morgan fingerprint density at radius 1 is 0.627 bits per heavy atom. The van der Waals surface area contributed by atoms with Crippen LogP contribution in [0.4, 0.5) is 0 Å². The van der Waals surface area contributed by atoms with Crippen LogP contribution in [0.2, 0.25) is 0 Å². The Morgan fingerprint density at radius 3 is 1.79 bits per heavy atom. The number of carboxylic acid groups (broad SMARTS) is 1. The van der Waals surface area contributed by atoms with E-state index >= 15 is 0 Å². The van der Waals surface area contributed by atoms with Crippen LogP contribution in [0.3, 0.4) is 0 Å². The highest BCUT2D eigenvalue weighted by atomic mass is 32.1. The zero-order chi connectivity index (χ0) is 47.7. The number of ether oxygens (including phenoxy) is 1. The van der Waals surface area contributed by atoms with E-state index in [2.05, 4.69) is 41.2 Å². The highest BCUT2D eigenvalue weighted by Gasteiger charge is 2.32. The van der Waals surface area contributed by atoms with Crippen molar-refractivity contribution in [1.82, 2.24) is 56.2 Å². The summed E-state index contributed by atoms with van der Waals surface area (Å²) in [6, 6.07) is 0.758. The lowest BCUT2D eigenvalue weighted by Crippen LogP contribution is -2.52. The molecule has 19 nitrogen and oxygen atoms in total. The molecule has 1 aliphatic rings. The lowest BCUT2D eigenvalue weighted by molar-refractivity contribution is -0.124. The third-order valence-electron chi connectivity index (χ3n) is 10.2. The smallest absolute Gasteiger partial charge is 0.355 e. The first kappa shape index (κ1) is 47.4. The number of hydrogen-bond acceptors (Lipinski definition) is 20. The van der Waals surface area contributed by atoms with Crippen molar-refractivity contribution in [2.45, 2.75) is 65.0 Å². The molecule has 1 aliphatic heterocycles. The predicted molar refractivity (Wildman–Crippen MR) is 256 cm³/mol. The molecule has 0 radical (unpaired) electrons. The van der Waals surface area contributed by atoms with Crippen molar-refractivity contribution in [2.24, 2.45) is 5.92 Å². The molecule has 5 atom stereocenters. The van der Waals surface area contributed by atoms with Crippen molar-refractivity contribution >= 4 is 103 Å². The van der Waals surface area contributed by atoms with Gasteiger partial charge in [-0.15, -0.1) is 68.0 Å². The number of amides is 4. The van der Waals surface area contributed by atoms with Gasteiger partial charge in [0, 0.05) is 45.0 Å². The van der Waals surface area contributed by atoms with Gasteiger partial charge < -0.3 is 36.2 Å². The molecule has 0 spiro atoms. The van der Waals surface area contributed by atoms with E-state index < -0.39 is 59.9 Å². The van der Waals surface area contributed by atoms with Crippen molar-refractivity contribution in [3.8, 4) is 43.4 Å². The van der Waals surface area contributed by atoms with Crippen LogP contribution in [0.25, 0.3) is 49.1 Å². The first-order valence-electron chi connectivity index (χ1n) is 20.2. The fourth-order valence-corrected chi connectivity index (χ4v) is 11.8. The van der Waals surface area contributed by atoms with E-state index in [0.717, 1.165) is 34.0 Å². The van der Waals surface area contributed by atoms with E-state index in [9.17, 15) is 34.2 Å². The number of aromatic carboxylic acids is 1. The summed E-state index contributed by atoms with van der Waals surface area (Å²) in [6.07, 6.45) is -0.304. The van der Waals surface area contributed by atoms with Crippen LogP contribution >= 0.6 is 68.0 Å². The number of rotatable bonds is 7. The molecule has 6 N–H and O–H groups in total. The van der Waals surface area contributed by atoms with E-state index in [1.54, 1.807) is 53.6 Å². The summed E-state index contributed by atoms with van der Waals surface area (Å²) in [5, 5.41) is 43.8. The average Bonchev–Trinajstić information content (AvgIpc) is 4.17. The number of carboxylic acids is 1. The Morgan fingerprint density at radius 2 is 1.15 bits per heavy atom. The van der Waals surface area contributed by atoms with Crippen molar-refractivity contribution in [1.29, 1.82) is 0 Å². The van der Waals surface area contributed by atoms with Crippen molar-refractivity contribution in [3.05, 3.63) is 88.3 Å². The van der Waals surface area contributed by atoms with Crippen LogP contribution in [0.5, 0.6) is 0 Å². The van der Waals surface area contributed by atoms with Crippen LogP contribution in [-0.2, 0) is 9.53 Å². The molecule has 25 heteroatoms. The summed E-state index contributed by atoms with van der Waals surface area (Å²) in [4.78, 5) is 99.3. The Balaban J connectivity index is 1.21. The summed E-state index contributed by atoms with van der Waals surface area (Å²) in [5.41, 5.74) is 2.56. The molecule has 0 saturated carbocycles. The molecule has 8 rings (SSSR count). The number of thiazole rings is 6. The summed E-state index contributed by atoms with van der Waals surface area (Å²) in [7, 11) is 1.52. The normalized spacial score (nSPS) is 18.7. The summed E-state index contributed by atoms with van der Waals surface area (Å²) >= 11 is 7.19. The number of aliphatic hydroxyl groups is 1. The number of carbonyl (C=O) groups excluding carboxylic acids is 4. The maximum absolute atomic E-state index is 14.0. The Labute approximate surface area is 405 Å². The van der Waals surface area contributed by atoms with E-state index in [0.29, 0.717) is 58.4 Å². The van der Waals surface area contributed by atoms with Gasteiger partial charge in [-0.3, -0.25) is 19.2 Å². The van der Waals surface area contributed by atoms with Crippen LogP contribution in [-0.4, -0.2) is 100 Å². The fourth-order valence-electron chi connectivity index (χ4n) is 6.54. The number of carbonyl (C=O) groups is 5. The largest absolute Gasteiger partial charge is 0.476 e. The monoisotopic (exact) mass is 1020 g/mol. The van der Waals surface area contributed by atoms with Gasteiger partial charge in [-0.05, 0) is 38.8 Å². The van der Waals surface area contributed by atoms with Crippen molar-refractivity contribution in [3.63, 3.8) is 0 Å². The second-order valence-electron chi connectivity index (χ2n) is 15.2. The molecular weight excluding hydrogens is 979 g/mol. The van der Waals surface area contributed by atoms with Gasteiger partial charge in [-0.2, -0.15) is 0 Å². The van der Waals surface area contributed by atoms with Gasteiger partial charge in [0.1, 0.15) is 76.3 Å². The summed E-state index contributed by atoms with van der Waals surface area (Å²) < 4.78 is 5.74. The summed E-state index contributed by atoms with van der Waals surface area (Å²) in [6.45, 7) is 8.66. The predicted octanol–water partition coefficient (Wildman–Crippen LogP) is 6.79. The molecule has 7 aromatic heterocycles. The molecule has 0 unspecified atom stereocenters. The van der Waals surface area contributed by atoms with Crippen molar-refractivity contribution in [2.75, 3.05) is 7.11 Å². The van der Waals surface area contributed by atoms with Gasteiger partial charge in [-0.25, -0.2) is 39.7 Å². The van der Waals surface area contributed by atoms with Crippen molar-refractivity contribution < 1.29 is 38.9 Å². The molecule has 0 aromatic carbocycles.